The predicted octanol–water partition coefficient (Wildman–Crippen LogP) is 6.36. The monoisotopic (exact) mass is 858 g/mol. The van der Waals surface area contributed by atoms with E-state index in [2.05, 4.69) is 68.7 Å². The molecule has 11 rings (SSSR count). The number of aromatic nitrogens is 7. The van der Waals surface area contributed by atoms with Gasteiger partial charge in [0.25, 0.3) is 5.91 Å². The number of likely N-dealkylation sites (tertiary alicyclic amines) is 1. The average molecular weight is 859 g/mol. The topological polar surface area (TPSA) is 170 Å². The van der Waals surface area contributed by atoms with E-state index in [0.717, 1.165) is 85.5 Å². The first-order chi connectivity index (χ1) is 30.9. The van der Waals surface area contributed by atoms with Gasteiger partial charge < -0.3 is 24.4 Å². The number of hydrazone groups is 1. The molecule has 1 saturated heterocycles. The Hall–Kier alpha value is -7.07. The fourth-order valence-corrected chi connectivity index (χ4v) is 10.5. The number of aromatic amines is 1. The number of fused-ring (bicyclic) bond motifs is 3. The number of rotatable bonds is 9. The Kier molecular flexibility index (Phi) is 9.17. The van der Waals surface area contributed by atoms with E-state index in [1.807, 2.05) is 113 Å². The maximum absolute atomic E-state index is 15.3. The van der Waals surface area contributed by atoms with Gasteiger partial charge in [-0.05, 0) is 111 Å². The molecule has 1 saturated carbocycles. The molecule has 3 aliphatic heterocycles. The van der Waals surface area contributed by atoms with E-state index in [0.29, 0.717) is 37.6 Å². The van der Waals surface area contributed by atoms with Crippen LogP contribution in [0.15, 0.2) is 99.9 Å². The van der Waals surface area contributed by atoms with Crippen molar-refractivity contribution in [3.8, 4) is 11.1 Å². The first-order valence-corrected chi connectivity index (χ1v) is 22.0. The Labute approximate surface area is 369 Å². The maximum Gasteiger partial charge on any atom is 0.438 e. The summed E-state index contributed by atoms with van der Waals surface area (Å²) in [6.07, 6.45) is 8.16. The van der Waals surface area contributed by atoms with E-state index < -0.39 is 23.7 Å². The molecule has 2 fully saturated rings. The summed E-state index contributed by atoms with van der Waals surface area (Å²) in [6.45, 7) is 11.6. The quantitative estimate of drug-likeness (QED) is 0.166. The zero-order valence-electron chi connectivity index (χ0n) is 36.7. The number of carbonyl (C=O) groups is 1. The number of hydrogen-bond acceptors (Lipinski definition) is 12. The second-order valence-electron chi connectivity index (χ2n) is 18.0. The fourth-order valence-electron chi connectivity index (χ4n) is 10.5. The Morgan fingerprint density at radius 2 is 1.78 bits per heavy atom. The normalized spacial score (nSPS) is 22.9. The van der Waals surface area contributed by atoms with Gasteiger partial charge in [-0.1, -0.05) is 25.1 Å². The van der Waals surface area contributed by atoms with Gasteiger partial charge >= 0.3 is 5.76 Å². The van der Waals surface area contributed by atoms with E-state index in [4.69, 9.17) is 9.62 Å². The van der Waals surface area contributed by atoms with Crippen LogP contribution in [0.3, 0.4) is 0 Å². The van der Waals surface area contributed by atoms with Crippen LogP contribution in [0.1, 0.15) is 65.6 Å². The lowest BCUT2D eigenvalue weighted by Crippen LogP contribution is -2.56. The van der Waals surface area contributed by atoms with E-state index >= 15 is 4.79 Å². The lowest BCUT2D eigenvalue weighted by atomic mass is 9.92. The second-order valence-corrected chi connectivity index (χ2v) is 18.0. The van der Waals surface area contributed by atoms with Crippen molar-refractivity contribution < 1.29 is 14.4 Å². The highest BCUT2D eigenvalue weighted by atomic mass is 16.5. The van der Waals surface area contributed by atoms with Crippen molar-refractivity contribution in [3.63, 3.8) is 0 Å². The first kappa shape index (κ1) is 39.8. The van der Waals surface area contributed by atoms with Crippen LogP contribution in [0, 0.1) is 32.6 Å². The maximum atomic E-state index is 15.3. The molecule has 4 aliphatic rings. The smallest absolute Gasteiger partial charge is 0.356 e. The predicted molar refractivity (Wildman–Crippen MR) is 243 cm³/mol. The number of aliphatic hydroxyl groups excluding tert-OH is 1. The fraction of sp³-hybridized carbons (Fsp3) is 0.354. The van der Waals surface area contributed by atoms with Crippen LogP contribution in [-0.4, -0.2) is 86.6 Å². The van der Waals surface area contributed by atoms with Crippen molar-refractivity contribution in [2.24, 2.45) is 24.0 Å². The molecule has 5 aromatic heterocycles. The summed E-state index contributed by atoms with van der Waals surface area (Å²) < 4.78 is 8.96. The van der Waals surface area contributed by atoms with Crippen LogP contribution in [0.4, 0.5) is 11.4 Å². The molecule has 8 heterocycles. The zero-order valence-corrected chi connectivity index (χ0v) is 36.7. The lowest BCUT2D eigenvalue weighted by molar-refractivity contribution is 0.0148. The molecule has 2 N–H and O–H groups in total. The Morgan fingerprint density at radius 3 is 2.53 bits per heavy atom. The standard InChI is InChI=1S/C48H50N12O4/c1-7-38-30(5)36(12-14-49-38)31-8-10-41-32(20-31)22-42(59(41)26-48(23-27(48)2)45-52-46(62)64-54-45)44(61)56-15-13-39-37(25-56)43(60(53-39)35-18-28(3)51-29(4)19-35)58-17-16-57(47(58)63)34-9-11-40-33(21-34)24-50-55(40)6/h8-12,14,16-22,24,27,37,43,47,63H,7,13,15,23,25-26H2,1-6H3,(H,52,54,62)/t27-,37?,43?,47?,48-/m0/s1. The van der Waals surface area contributed by atoms with Gasteiger partial charge in [0.05, 0.1) is 28.7 Å². The number of piperidine rings is 1. The molecule has 326 valence electrons. The number of H-pyrrole nitrogens is 1. The molecular weight excluding hydrogens is 809 g/mol. The van der Waals surface area contributed by atoms with Gasteiger partial charge in [0.1, 0.15) is 11.9 Å². The molecule has 1 amide bonds. The molecule has 1 aliphatic carbocycles. The number of hydrogen-bond donors (Lipinski definition) is 2. The number of nitrogens with zero attached hydrogens (tertiary/aromatic N) is 11. The average Bonchev–Trinajstić information content (AvgIpc) is 3.91. The van der Waals surface area contributed by atoms with Crippen LogP contribution in [-0.2, 0) is 25.4 Å². The molecule has 7 aromatic rings. The Balaban J connectivity index is 0.961. The van der Waals surface area contributed by atoms with E-state index in [1.54, 1.807) is 0 Å². The lowest BCUT2D eigenvalue weighted by Gasteiger charge is -2.41. The van der Waals surface area contributed by atoms with Gasteiger partial charge in [0.2, 0.25) is 6.35 Å². The van der Waals surface area contributed by atoms with Gasteiger partial charge in [0, 0.05) is 96.5 Å². The molecule has 0 spiro atoms. The Bertz CT molecular complexity index is 3120. The summed E-state index contributed by atoms with van der Waals surface area (Å²) in [5.74, 6) is -0.232. The minimum Gasteiger partial charge on any atom is -0.356 e. The highest BCUT2D eigenvalue weighted by Gasteiger charge is 2.56. The molecule has 64 heavy (non-hydrogen) atoms. The number of aryl methyl sites for hydroxylation is 4. The number of pyridine rings is 2. The molecule has 2 aromatic carbocycles. The number of aliphatic hydroxyl groups is 1. The zero-order chi connectivity index (χ0) is 44.2. The highest BCUT2D eigenvalue weighted by molar-refractivity contribution is 6.01. The Morgan fingerprint density at radius 1 is 0.984 bits per heavy atom. The number of amides is 1. The summed E-state index contributed by atoms with van der Waals surface area (Å²) in [4.78, 5) is 45.4. The number of benzene rings is 2. The van der Waals surface area contributed by atoms with Gasteiger partial charge in [-0.2, -0.15) is 10.2 Å². The minimum absolute atomic E-state index is 0.0982. The van der Waals surface area contributed by atoms with Crippen molar-refractivity contribution in [1.29, 1.82) is 0 Å². The van der Waals surface area contributed by atoms with Crippen molar-refractivity contribution in [2.45, 2.75) is 78.4 Å². The molecule has 0 bridgehead atoms. The number of anilines is 2. The van der Waals surface area contributed by atoms with Gasteiger partial charge in [0.15, 0.2) is 5.82 Å². The third kappa shape index (κ3) is 6.32. The largest absolute Gasteiger partial charge is 0.438 e. The van der Waals surface area contributed by atoms with Crippen LogP contribution in [0.25, 0.3) is 32.9 Å². The third-order valence-electron chi connectivity index (χ3n) is 14.1. The molecule has 3 unspecified atom stereocenters. The summed E-state index contributed by atoms with van der Waals surface area (Å²) >= 11 is 0. The van der Waals surface area contributed by atoms with Gasteiger partial charge in [-0.25, -0.2) is 9.80 Å². The van der Waals surface area contributed by atoms with Crippen LogP contribution in [0.5, 0.6) is 0 Å². The first-order valence-electron chi connectivity index (χ1n) is 22.0. The van der Waals surface area contributed by atoms with Gasteiger partial charge in [-0.3, -0.25) is 29.0 Å². The van der Waals surface area contributed by atoms with E-state index in [9.17, 15) is 9.90 Å². The highest BCUT2D eigenvalue weighted by Crippen LogP contribution is 2.54. The molecule has 0 radical (unpaired) electrons. The van der Waals surface area contributed by atoms with E-state index in [1.165, 1.54) is 0 Å². The molecule has 16 nitrogen and oxygen atoms in total. The van der Waals surface area contributed by atoms with Crippen LogP contribution in [0.2, 0.25) is 0 Å². The molecule has 16 heteroatoms. The third-order valence-corrected chi connectivity index (χ3v) is 14.1. The van der Waals surface area contributed by atoms with Crippen LogP contribution >= 0.6 is 0 Å². The van der Waals surface area contributed by atoms with Crippen molar-refractivity contribution in [1.82, 2.24) is 44.3 Å². The summed E-state index contributed by atoms with van der Waals surface area (Å²) in [5, 5.41) is 29.9. The SMILES string of the molecule is CCc1nccc(-c2ccc3c(c2)cc(C(=O)N2CCC4=NN(c5cc(C)nc(C)c5)C(N5C=CN(c6ccc7c(cnn7C)c6)C5O)C4C2)n3C[C@@]2(c3noc(=O)[nH]3)C[C@@H]2C)c1C. The van der Waals surface area contributed by atoms with E-state index in [-0.39, 0.29) is 17.7 Å². The van der Waals surface area contributed by atoms with Gasteiger partial charge in [-0.15, -0.1) is 0 Å². The summed E-state index contributed by atoms with van der Waals surface area (Å²) in [7, 11) is 1.91. The van der Waals surface area contributed by atoms with Crippen molar-refractivity contribution in [2.75, 3.05) is 23.0 Å². The molecule has 5 atom stereocenters. The summed E-state index contributed by atoms with van der Waals surface area (Å²) in [6, 6.07) is 20.5. The van der Waals surface area contributed by atoms with Crippen LogP contribution < -0.4 is 15.7 Å². The molecular formula is C48H50N12O4. The number of nitrogens with one attached hydrogen (secondary N) is 1. The summed E-state index contributed by atoms with van der Waals surface area (Å²) in [5.41, 5.74) is 10.7. The second kappa shape index (κ2) is 14.8. The van der Waals surface area contributed by atoms with Crippen molar-refractivity contribution >= 4 is 44.8 Å². The number of carbonyl (C=O) groups excluding carboxylic acids is 1. The minimum atomic E-state index is -1.06. The van der Waals surface area contributed by atoms with Crippen molar-refractivity contribution in [3.05, 3.63) is 130 Å².